The third-order valence-electron chi connectivity index (χ3n) is 4.39. The van der Waals surface area contributed by atoms with Crippen molar-refractivity contribution in [2.75, 3.05) is 26.7 Å². The van der Waals surface area contributed by atoms with E-state index in [1.54, 1.807) is 11.8 Å². The van der Waals surface area contributed by atoms with Crippen molar-refractivity contribution in [3.8, 4) is 0 Å². The fourth-order valence-corrected chi connectivity index (χ4v) is 2.71. The molecule has 0 unspecified atom stereocenters. The first-order chi connectivity index (χ1) is 12.0. The molecule has 0 bridgehead atoms. The van der Waals surface area contributed by atoms with Gasteiger partial charge in [0.1, 0.15) is 5.82 Å². The van der Waals surface area contributed by atoms with Gasteiger partial charge in [0.05, 0.1) is 12.1 Å². The topological polar surface area (TPSA) is 85.5 Å². The number of nitrogens with one attached hydrogen (secondary N) is 2. The molecule has 0 radical (unpaired) electrons. The van der Waals surface area contributed by atoms with Crippen LogP contribution in [-0.2, 0) is 24.2 Å². The molecule has 1 aromatic rings. The Bertz CT molecular complexity index is 632. The van der Waals surface area contributed by atoms with Gasteiger partial charge in [0.25, 0.3) is 0 Å². The summed E-state index contributed by atoms with van der Waals surface area (Å²) >= 11 is 0. The molecule has 1 aromatic heterocycles. The number of rotatable bonds is 8. The molecule has 8 heteroatoms. The molecule has 25 heavy (non-hydrogen) atoms. The van der Waals surface area contributed by atoms with Crippen molar-refractivity contribution in [2.45, 2.75) is 65.1 Å². The first-order valence-corrected chi connectivity index (χ1v) is 9.20. The molecule has 0 spiro atoms. The van der Waals surface area contributed by atoms with E-state index in [-0.39, 0.29) is 11.3 Å². The Balaban J connectivity index is 1.83. The molecule has 2 heterocycles. The number of aliphatic imine (C=N–C) groups is 1. The Hall–Kier alpha value is -1.83. The third kappa shape index (κ3) is 5.59. The summed E-state index contributed by atoms with van der Waals surface area (Å²) in [7, 11) is 1.69. The number of hydrogen-bond donors (Lipinski definition) is 2. The van der Waals surface area contributed by atoms with Crippen molar-refractivity contribution < 1.29 is 4.74 Å². The average Bonchev–Trinajstić information content (AvgIpc) is 2.93. The van der Waals surface area contributed by atoms with E-state index in [0.29, 0.717) is 13.1 Å². The van der Waals surface area contributed by atoms with E-state index in [2.05, 4.69) is 20.7 Å². The number of guanidine groups is 1. The fraction of sp³-hybridized carbons (Fsp3) is 0.824. The van der Waals surface area contributed by atoms with Gasteiger partial charge in [-0.05, 0) is 40.0 Å². The monoisotopic (exact) mass is 352 g/mol. The first kappa shape index (κ1) is 19.5. The van der Waals surface area contributed by atoms with Crippen LogP contribution >= 0.6 is 0 Å². The SMILES string of the molecule is CCNC(=NCC(C)(C)OC)NCCCn1nc2n(c1=O)CCCC2. The van der Waals surface area contributed by atoms with Gasteiger partial charge in [-0.2, -0.15) is 5.10 Å². The lowest BCUT2D eigenvalue weighted by molar-refractivity contribution is 0.0310. The van der Waals surface area contributed by atoms with E-state index < -0.39 is 0 Å². The van der Waals surface area contributed by atoms with Crippen LogP contribution in [0.4, 0.5) is 0 Å². The smallest absolute Gasteiger partial charge is 0.345 e. The number of fused-ring (bicyclic) bond motifs is 1. The number of aromatic nitrogens is 3. The summed E-state index contributed by atoms with van der Waals surface area (Å²) in [4.78, 5) is 16.8. The maximum Gasteiger partial charge on any atom is 0.345 e. The Morgan fingerprint density at radius 2 is 2.16 bits per heavy atom. The van der Waals surface area contributed by atoms with Crippen LogP contribution in [0.2, 0.25) is 0 Å². The van der Waals surface area contributed by atoms with Crippen LogP contribution in [0.15, 0.2) is 9.79 Å². The highest BCUT2D eigenvalue weighted by molar-refractivity contribution is 5.79. The number of methoxy groups -OCH3 is 1. The van der Waals surface area contributed by atoms with Crippen molar-refractivity contribution in [3.05, 3.63) is 16.3 Å². The standard InChI is InChI=1S/C17H32N6O2/c1-5-18-15(20-13-17(2,3)25-4)19-10-8-12-23-16(24)22-11-7-6-9-14(22)21-23/h5-13H2,1-4H3,(H2,18,19,20). The quantitative estimate of drug-likeness (QED) is 0.410. The molecule has 1 aliphatic heterocycles. The minimum absolute atomic E-state index is 0.0251. The first-order valence-electron chi connectivity index (χ1n) is 9.20. The second kappa shape index (κ2) is 9.03. The molecule has 0 aliphatic carbocycles. The van der Waals surface area contributed by atoms with Crippen LogP contribution in [-0.4, -0.2) is 52.7 Å². The lowest BCUT2D eigenvalue weighted by Crippen LogP contribution is -2.40. The summed E-state index contributed by atoms with van der Waals surface area (Å²) in [6, 6.07) is 0. The average molecular weight is 352 g/mol. The van der Waals surface area contributed by atoms with Crippen LogP contribution in [0.1, 0.15) is 45.9 Å². The number of aryl methyl sites for hydroxylation is 2. The van der Waals surface area contributed by atoms with Crippen LogP contribution < -0.4 is 16.3 Å². The molecular weight excluding hydrogens is 320 g/mol. The van der Waals surface area contributed by atoms with Crippen molar-refractivity contribution in [2.24, 2.45) is 4.99 Å². The van der Waals surface area contributed by atoms with Gasteiger partial charge in [-0.15, -0.1) is 0 Å². The van der Waals surface area contributed by atoms with Crippen LogP contribution in [0.5, 0.6) is 0 Å². The second-order valence-corrected chi connectivity index (χ2v) is 6.97. The van der Waals surface area contributed by atoms with Gasteiger partial charge < -0.3 is 15.4 Å². The zero-order valence-corrected chi connectivity index (χ0v) is 16.0. The van der Waals surface area contributed by atoms with E-state index >= 15 is 0 Å². The van der Waals surface area contributed by atoms with Crippen LogP contribution in [0.3, 0.4) is 0 Å². The number of hydrogen-bond acceptors (Lipinski definition) is 4. The summed E-state index contributed by atoms with van der Waals surface area (Å²) in [5, 5.41) is 11.0. The summed E-state index contributed by atoms with van der Waals surface area (Å²) in [5.41, 5.74) is -0.261. The molecule has 1 aliphatic rings. The minimum Gasteiger partial charge on any atom is -0.377 e. The highest BCUT2D eigenvalue weighted by Crippen LogP contribution is 2.09. The van der Waals surface area contributed by atoms with Gasteiger partial charge in [0.15, 0.2) is 5.96 Å². The molecule has 0 amide bonds. The van der Waals surface area contributed by atoms with Gasteiger partial charge in [0.2, 0.25) is 0 Å². The molecule has 142 valence electrons. The highest BCUT2D eigenvalue weighted by Gasteiger charge is 2.17. The molecule has 0 saturated heterocycles. The van der Waals surface area contributed by atoms with Gasteiger partial charge in [0, 0.05) is 39.7 Å². The third-order valence-corrected chi connectivity index (χ3v) is 4.39. The lowest BCUT2D eigenvalue weighted by atomic mass is 10.1. The summed E-state index contributed by atoms with van der Waals surface area (Å²) < 4.78 is 8.80. The minimum atomic E-state index is -0.287. The number of nitrogens with zero attached hydrogens (tertiary/aromatic N) is 4. The molecule has 0 aromatic carbocycles. The predicted molar refractivity (Wildman–Crippen MR) is 99.1 cm³/mol. The van der Waals surface area contributed by atoms with E-state index in [0.717, 1.165) is 57.1 Å². The molecule has 2 rings (SSSR count). The van der Waals surface area contributed by atoms with Crippen LogP contribution in [0.25, 0.3) is 0 Å². The van der Waals surface area contributed by atoms with E-state index in [1.807, 2.05) is 25.3 Å². The molecule has 0 fully saturated rings. The highest BCUT2D eigenvalue weighted by atomic mass is 16.5. The molecule has 8 nitrogen and oxygen atoms in total. The molecule has 0 saturated carbocycles. The summed E-state index contributed by atoms with van der Waals surface area (Å²) in [6.07, 6.45) is 3.92. The van der Waals surface area contributed by atoms with Gasteiger partial charge >= 0.3 is 5.69 Å². The maximum absolute atomic E-state index is 12.3. The normalized spacial score (nSPS) is 15.1. The lowest BCUT2D eigenvalue weighted by Gasteiger charge is -2.21. The zero-order valence-electron chi connectivity index (χ0n) is 16.0. The van der Waals surface area contributed by atoms with Gasteiger partial charge in [-0.1, -0.05) is 0 Å². The van der Waals surface area contributed by atoms with Crippen molar-refractivity contribution in [1.29, 1.82) is 0 Å². The van der Waals surface area contributed by atoms with E-state index in [9.17, 15) is 4.79 Å². The van der Waals surface area contributed by atoms with Gasteiger partial charge in [-0.3, -0.25) is 9.56 Å². The Morgan fingerprint density at radius 3 is 2.84 bits per heavy atom. The molecule has 2 N–H and O–H groups in total. The summed E-state index contributed by atoms with van der Waals surface area (Å²) in [5.74, 6) is 1.70. The second-order valence-electron chi connectivity index (χ2n) is 6.97. The van der Waals surface area contributed by atoms with Crippen molar-refractivity contribution in [3.63, 3.8) is 0 Å². The molecule has 0 atom stereocenters. The van der Waals surface area contributed by atoms with Crippen LogP contribution in [0, 0.1) is 0 Å². The zero-order chi connectivity index (χ0) is 18.3. The van der Waals surface area contributed by atoms with Crippen molar-refractivity contribution >= 4 is 5.96 Å². The molecular formula is C17H32N6O2. The fourth-order valence-electron chi connectivity index (χ4n) is 2.71. The maximum atomic E-state index is 12.3. The van der Waals surface area contributed by atoms with E-state index in [4.69, 9.17) is 4.74 Å². The van der Waals surface area contributed by atoms with E-state index in [1.165, 1.54) is 0 Å². The Kier molecular flexibility index (Phi) is 7.04. The largest absolute Gasteiger partial charge is 0.377 e. The Morgan fingerprint density at radius 1 is 1.36 bits per heavy atom. The van der Waals surface area contributed by atoms with Gasteiger partial charge in [-0.25, -0.2) is 9.48 Å². The number of ether oxygens (including phenoxy) is 1. The Labute approximate surface area is 149 Å². The summed E-state index contributed by atoms with van der Waals surface area (Å²) in [6.45, 7) is 9.58. The van der Waals surface area contributed by atoms with Crippen molar-refractivity contribution in [1.82, 2.24) is 25.0 Å². The predicted octanol–water partition coefficient (Wildman–Crippen LogP) is 0.751.